The molecule has 0 aliphatic rings. The number of esters is 1. The first kappa shape index (κ1) is 12.9. The third-order valence-electron chi connectivity index (χ3n) is 1.83. The quantitative estimate of drug-likeness (QED) is 0.385. The Hall–Kier alpha value is -1.09. The maximum Gasteiger partial charge on any atom is 0.330 e. The lowest BCUT2D eigenvalue weighted by Crippen LogP contribution is -2.04. The molecular formula is C11H18O3. The van der Waals surface area contributed by atoms with Crippen molar-refractivity contribution in [2.45, 2.75) is 31.8 Å². The van der Waals surface area contributed by atoms with Crippen molar-refractivity contribution < 1.29 is 14.6 Å². The molecule has 0 aliphatic heterocycles. The average Bonchev–Trinajstić information content (AvgIpc) is 2.21. The lowest BCUT2D eigenvalue weighted by molar-refractivity contribution is -0.134. The summed E-state index contributed by atoms with van der Waals surface area (Å²) in [6.45, 7) is 3.58. The standard InChI is InChI=1S/C11H18O3/c1-3-4-7-10(12)8-5-6-9-11(13)14-2/h3,6,9-10,12H,1,4-5,7-8H2,2H3/b9-6+/t10-/m1/s1. The molecule has 0 aliphatic carbocycles. The number of allylic oxidation sites excluding steroid dienone is 2. The van der Waals surface area contributed by atoms with E-state index < -0.39 is 0 Å². The number of carbonyl (C=O) groups excluding carboxylic acids is 1. The van der Waals surface area contributed by atoms with Gasteiger partial charge in [0.15, 0.2) is 0 Å². The van der Waals surface area contributed by atoms with E-state index in [1.807, 2.05) is 0 Å². The topological polar surface area (TPSA) is 46.5 Å². The number of ether oxygens (including phenoxy) is 1. The Morgan fingerprint density at radius 2 is 2.14 bits per heavy atom. The normalized spacial score (nSPS) is 12.7. The smallest absolute Gasteiger partial charge is 0.330 e. The van der Waals surface area contributed by atoms with Crippen LogP contribution in [0, 0.1) is 0 Å². The second-order valence-electron chi connectivity index (χ2n) is 3.02. The van der Waals surface area contributed by atoms with Gasteiger partial charge in [0.25, 0.3) is 0 Å². The van der Waals surface area contributed by atoms with Gasteiger partial charge >= 0.3 is 5.97 Å². The van der Waals surface area contributed by atoms with Gasteiger partial charge in [-0.3, -0.25) is 0 Å². The predicted octanol–water partition coefficient (Wildman–Crippen LogP) is 1.82. The minimum Gasteiger partial charge on any atom is -0.466 e. The fraction of sp³-hybridized carbons (Fsp3) is 0.545. The largest absolute Gasteiger partial charge is 0.466 e. The molecule has 0 bridgehead atoms. The number of hydrogen-bond acceptors (Lipinski definition) is 3. The first-order valence-corrected chi connectivity index (χ1v) is 4.74. The van der Waals surface area contributed by atoms with E-state index in [1.54, 1.807) is 12.2 Å². The average molecular weight is 198 g/mol. The summed E-state index contributed by atoms with van der Waals surface area (Å²) in [6, 6.07) is 0. The third-order valence-corrected chi connectivity index (χ3v) is 1.83. The summed E-state index contributed by atoms with van der Waals surface area (Å²) < 4.78 is 4.42. The maximum absolute atomic E-state index is 10.6. The maximum atomic E-state index is 10.6. The molecule has 14 heavy (non-hydrogen) atoms. The van der Waals surface area contributed by atoms with E-state index in [2.05, 4.69) is 11.3 Å². The summed E-state index contributed by atoms with van der Waals surface area (Å²) >= 11 is 0. The van der Waals surface area contributed by atoms with Crippen LogP contribution in [-0.2, 0) is 9.53 Å². The highest BCUT2D eigenvalue weighted by atomic mass is 16.5. The molecule has 1 atom stereocenters. The minimum atomic E-state index is -0.356. The van der Waals surface area contributed by atoms with E-state index in [0.717, 1.165) is 12.8 Å². The van der Waals surface area contributed by atoms with Crippen molar-refractivity contribution in [2.75, 3.05) is 7.11 Å². The highest BCUT2D eigenvalue weighted by Gasteiger charge is 2.00. The van der Waals surface area contributed by atoms with Crippen LogP contribution in [-0.4, -0.2) is 24.3 Å². The van der Waals surface area contributed by atoms with E-state index in [1.165, 1.54) is 13.2 Å². The summed E-state index contributed by atoms with van der Waals surface area (Å²) in [7, 11) is 1.34. The van der Waals surface area contributed by atoms with Crippen molar-refractivity contribution in [2.24, 2.45) is 0 Å². The zero-order valence-electron chi connectivity index (χ0n) is 8.61. The van der Waals surface area contributed by atoms with Crippen LogP contribution in [0.2, 0.25) is 0 Å². The van der Waals surface area contributed by atoms with Gasteiger partial charge in [-0.2, -0.15) is 0 Å². The van der Waals surface area contributed by atoms with E-state index in [0.29, 0.717) is 12.8 Å². The van der Waals surface area contributed by atoms with Gasteiger partial charge in [-0.15, -0.1) is 6.58 Å². The molecule has 0 aromatic heterocycles. The first-order valence-electron chi connectivity index (χ1n) is 4.74. The van der Waals surface area contributed by atoms with Gasteiger partial charge in [-0.25, -0.2) is 4.79 Å². The van der Waals surface area contributed by atoms with Gasteiger partial charge < -0.3 is 9.84 Å². The molecule has 3 heteroatoms. The number of aliphatic hydroxyl groups is 1. The second kappa shape index (κ2) is 8.51. The van der Waals surface area contributed by atoms with Crippen molar-refractivity contribution in [1.82, 2.24) is 0 Å². The molecule has 0 saturated heterocycles. The summed E-state index contributed by atoms with van der Waals surface area (Å²) in [6.07, 6.45) is 7.47. The van der Waals surface area contributed by atoms with Crippen LogP contribution in [0.4, 0.5) is 0 Å². The molecule has 80 valence electrons. The number of aliphatic hydroxyl groups excluding tert-OH is 1. The number of rotatable bonds is 7. The monoisotopic (exact) mass is 198 g/mol. The molecule has 0 heterocycles. The number of methoxy groups -OCH3 is 1. The Bertz CT molecular complexity index is 197. The van der Waals surface area contributed by atoms with Gasteiger partial charge in [0.2, 0.25) is 0 Å². The van der Waals surface area contributed by atoms with Crippen LogP contribution in [0.3, 0.4) is 0 Å². The predicted molar refractivity (Wildman–Crippen MR) is 55.8 cm³/mol. The van der Waals surface area contributed by atoms with Crippen LogP contribution in [0.15, 0.2) is 24.8 Å². The highest BCUT2D eigenvalue weighted by Crippen LogP contribution is 2.05. The highest BCUT2D eigenvalue weighted by molar-refractivity contribution is 5.81. The van der Waals surface area contributed by atoms with Crippen molar-refractivity contribution in [3.8, 4) is 0 Å². The molecule has 1 N–H and O–H groups in total. The lowest BCUT2D eigenvalue weighted by Gasteiger charge is -2.05. The Kier molecular flexibility index (Phi) is 7.84. The SMILES string of the molecule is C=CCC[C@@H](O)CC/C=C/C(=O)OC. The second-order valence-corrected chi connectivity index (χ2v) is 3.02. The van der Waals surface area contributed by atoms with Crippen molar-refractivity contribution >= 4 is 5.97 Å². The Morgan fingerprint density at radius 3 is 2.71 bits per heavy atom. The van der Waals surface area contributed by atoms with Crippen molar-refractivity contribution in [3.63, 3.8) is 0 Å². The molecule has 0 rings (SSSR count). The van der Waals surface area contributed by atoms with Gasteiger partial charge in [0.05, 0.1) is 13.2 Å². The van der Waals surface area contributed by atoms with Gasteiger partial charge in [0.1, 0.15) is 0 Å². The minimum absolute atomic E-state index is 0.310. The Balaban J connectivity index is 3.47. The lowest BCUT2D eigenvalue weighted by atomic mass is 10.1. The fourth-order valence-corrected chi connectivity index (χ4v) is 0.991. The van der Waals surface area contributed by atoms with Gasteiger partial charge in [-0.05, 0) is 25.7 Å². The molecule has 0 spiro atoms. The van der Waals surface area contributed by atoms with Crippen molar-refractivity contribution in [3.05, 3.63) is 24.8 Å². The number of hydrogen-bond donors (Lipinski definition) is 1. The zero-order valence-corrected chi connectivity index (χ0v) is 8.61. The molecule has 0 unspecified atom stereocenters. The van der Waals surface area contributed by atoms with Gasteiger partial charge in [0, 0.05) is 6.08 Å². The van der Waals surface area contributed by atoms with Crippen LogP contribution in [0.5, 0.6) is 0 Å². The molecule has 0 fully saturated rings. The number of carbonyl (C=O) groups is 1. The van der Waals surface area contributed by atoms with Crippen LogP contribution in [0.25, 0.3) is 0 Å². The zero-order chi connectivity index (χ0) is 10.8. The molecule has 0 radical (unpaired) electrons. The van der Waals surface area contributed by atoms with E-state index in [-0.39, 0.29) is 12.1 Å². The molecule has 0 aromatic rings. The van der Waals surface area contributed by atoms with Crippen LogP contribution in [0.1, 0.15) is 25.7 Å². The van der Waals surface area contributed by atoms with Crippen molar-refractivity contribution in [1.29, 1.82) is 0 Å². The molecular weight excluding hydrogens is 180 g/mol. The molecule has 0 aromatic carbocycles. The van der Waals surface area contributed by atoms with Crippen LogP contribution >= 0.6 is 0 Å². The van der Waals surface area contributed by atoms with E-state index in [4.69, 9.17) is 0 Å². The Morgan fingerprint density at radius 1 is 1.50 bits per heavy atom. The Labute approximate surface area is 85.1 Å². The first-order chi connectivity index (χ1) is 6.70. The molecule has 0 amide bonds. The summed E-state index contributed by atoms with van der Waals surface area (Å²) in [4.78, 5) is 10.6. The summed E-state index contributed by atoms with van der Waals surface area (Å²) in [5.74, 6) is -0.356. The molecule has 3 nitrogen and oxygen atoms in total. The van der Waals surface area contributed by atoms with E-state index in [9.17, 15) is 9.90 Å². The fourth-order valence-electron chi connectivity index (χ4n) is 0.991. The summed E-state index contributed by atoms with van der Waals surface area (Å²) in [5, 5.41) is 9.40. The van der Waals surface area contributed by atoms with E-state index >= 15 is 0 Å². The van der Waals surface area contributed by atoms with Gasteiger partial charge in [-0.1, -0.05) is 12.2 Å². The van der Waals surface area contributed by atoms with Crippen LogP contribution < -0.4 is 0 Å². The molecule has 0 saturated carbocycles. The summed E-state index contributed by atoms with van der Waals surface area (Å²) in [5.41, 5.74) is 0. The third kappa shape index (κ3) is 7.55.